The Morgan fingerprint density at radius 3 is 2.48 bits per heavy atom. The third-order valence-corrected chi connectivity index (χ3v) is 3.86. The summed E-state index contributed by atoms with van der Waals surface area (Å²) in [5.74, 6) is 1.48. The highest BCUT2D eigenvalue weighted by molar-refractivity contribution is 5.50. The molecule has 0 atom stereocenters. The zero-order chi connectivity index (χ0) is 14.2. The van der Waals surface area contributed by atoms with Crippen LogP contribution in [0.15, 0.2) is 47.1 Å². The first-order valence-electron chi connectivity index (χ1n) is 6.92. The molecule has 5 nitrogen and oxygen atoms in total. The molecule has 21 heavy (non-hydrogen) atoms. The fourth-order valence-electron chi connectivity index (χ4n) is 2.78. The van der Waals surface area contributed by atoms with Crippen molar-refractivity contribution in [3.05, 3.63) is 59.5 Å². The molecule has 5 heteroatoms. The molecule has 104 valence electrons. The van der Waals surface area contributed by atoms with Gasteiger partial charge in [0.15, 0.2) is 5.82 Å². The Kier molecular flexibility index (Phi) is 2.70. The van der Waals surface area contributed by atoms with Gasteiger partial charge in [-0.05, 0) is 36.1 Å². The summed E-state index contributed by atoms with van der Waals surface area (Å²) >= 11 is 0. The maximum absolute atomic E-state index is 5.63. The summed E-state index contributed by atoms with van der Waals surface area (Å²) in [6.07, 6.45) is 3.51. The number of aromatic nitrogens is 3. The number of fused-ring (bicyclic) bond motifs is 1. The first-order chi connectivity index (χ1) is 10.3. The van der Waals surface area contributed by atoms with E-state index in [0.29, 0.717) is 17.3 Å². The lowest BCUT2D eigenvalue weighted by molar-refractivity contribution is 0.415. The van der Waals surface area contributed by atoms with E-state index in [9.17, 15) is 0 Å². The van der Waals surface area contributed by atoms with E-state index >= 15 is 0 Å². The molecule has 2 aromatic heterocycles. The molecule has 0 saturated carbocycles. The number of anilines is 1. The molecule has 0 radical (unpaired) electrons. The number of benzene rings is 1. The van der Waals surface area contributed by atoms with Crippen LogP contribution in [0.4, 0.5) is 5.69 Å². The standard InChI is InChI=1S/C16H14N4O/c17-13-5-6-14(18-9-13)16-19-15(20-21-16)12-7-10-3-1-2-4-11(10)8-12/h1-6,9,12H,7-8,17H2. The van der Waals surface area contributed by atoms with E-state index in [1.165, 1.54) is 11.1 Å². The fourth-order valence-corrected chi connectivity index (χ4v) is 2.78. The van der Waals surface area contributed by atoms with Crippen molar-refractivity contribution < 1.29 is 4.52 Å². The highest BCUT2D eigenvalue weighted by Crippen LogP contribution is 2.33. The highest BCUT2D eigenvalue weighted by atomic mass is 16.5. The van der Waals surface area contributed by atoms with Crippen molar-refractivity contribution in [3.8, 4) is 11.6 Å². The monoisotopic (exact) mass is 278 g/mol. The van der Waals surface area contributed by atoms with Gasteiger partial charge in [0.2, 0.25) is 0 Å². The summed E-state index contributed by atoms with van der Waals surface area (Å²) < 4.78 is 5.34. The van der Waals surface area contributed by atoms with Crippen molar-refractivity contribution in [2.75, 3.05) is 5.73 Å². The predicted molar refractivity (Wildman–Crippen MR) is 78.5 cm³/mol. The number of pyridine rings is 1. The van der Waals surface area contributed by atoms with Gasteiger partial charge in [-0.15, -0.1) is 0 Å². The van der Waals surface area contributed by atoms with Crippen LogP contribution < -0.4 is 5.73 Å². The van der Waals surface area contributed by atoms with Crippen molar-refractivity contribution in [3.63, 3.8) is 0 Å². The van der Waals surface area contributed by atoms with E-state index in [0.717, 1.165) is 18.7 Å². The van der Waals surface area contributed by atoms with Crippen molar-refractivity contribution in [2.24, 2.45) is 0 Å². The largest absolute Gasteiger partial charge is 0.397 e. The quantitative estimate of drug-likeness (QED) is 0.779. The van der Waals surface area contributed by atoms with Crippen LogP contribution in [0.5, 0.6) is 0 Å². The summed E-state index contributed by atoms with van der Waals surface area (Å²) in [4.78, 5) is 8.70. The molecule has 1 aliphatic rings. The average molecular weight is 278 g/mol. The Balaban J connectivity index is 1.60. The van der Waals surface area contributed by atoms with Gasteiger partial charge in [0.25, 0.3) is 5.89 Å². The van der Waals surface area contributed by atoms with E-state index < -0.39 is 0 Å². The number of nitrogen functional groups attached to an aromatic ring is 1. The Bertz CT molecular complexity index is 754. The molecule has 2 N–H and O–H groups in total. The summed E-state index contributed by atoms with van der Waals surface area (Å²) in [5.41, 5.74) is 9.64. The van der Waals surface area contributed by atoms with Crippen molar-refractivity contribution in [1.29, 1.82) is 0 Å². The molecule has 0 bridgehead atoms. The SMILES string of the molecule is Nc1ccc(-c2nc(C3Cc4ccccc4C3)no2)nc1. The van der Waals surface area contributed by atoms with Crippen molar-refractivity contribution >= 4 is 5.69 Å². The molecule has 0 spiro atoms. The van der Waals surface area contributed by atoms with E-state index in [4.69, 9.17) is 10.3 Å². The molecule has 0 fully saturated rings. The smallest absolute Gasteiger partial charge is 0.276 e. The van der Waals surface area contributed by atoms with Crippen molar-refractivity contribution in [2.45, 2.75) is 18.8 Å². The van der Waals surface area contributed by atoms with Crippen LogP contribution >= 0.6 is 0 Å². The summed E-state index contributed by atoms with van der Waals surface area (Å²) in [6, 6.07) is 12.0. The maximum atomic E-state index is 5.63. The summed E-state index contributed by atoms with van der Waals surface area (Å²) in [7, 11) is 0. The number of hydrogen-bond acceptors (Lipinski definition) is 5. The minimum Gasteiger partial charge on any atom is -0.397 e. The molecule has 0 saturated heterocycles. The molecule has 2 heterocycles. The summed E-state index contributed by atoms with van der Waals surface area (Å²) in [6.45, 7) is 0. The Morgan fingerprint density at radius 2 is 1.81 bits per heavy atom. The third-order valence-electron chi connectivity index (χ3n) is 3.86. The minimum absolute atomic E-state index is 0.286. The topological polar surface area (TPSA) is 77.8 Å². The van der Waals surface area contributed by atoms with Crippen LogP contribution in [0.3, 0.4) is 0 Å². The number of nitrogens with zero attached hydrogens (tertiary/aromatic N) is 3. The first-order valence-corrected chi connectivity index (χ1v) is 6.92. The van der Waals surface area contributed by atoms with Crippen LogP contribution in [-0.2, 0) is 12.8 Å². The van der Waals surface area contributed by atoms with Gasteiger partial charge in [-0.3, -0.25) is 0 Å². The normalized spacial score (nSPS) is 14.3. The maximum Gasteiger partial charge on any atom is 0.276 e. The molecule has 4 rings (SSSR count). The second kappa shape index (κ2) is 4.70. The molecule has 1 aromatic carbocycles. The summed E-state index contributed by atoms with van der Waals surface area (Å²) in [5, 5.41) is 4.12. The average Bonchev–Trinajstić information content (AvgIpc) is 3.14. The zero-order valence-electron chi connectivity index (χ0n) is 11.4. The van der Waals surface area contributed by atoms with E-state index in [-0.39, 0.29) is 5.92 Å². The number of nitrogens with two attached hydrogens (primary N) is 1. The molecular weight excluding hydrogens is 264 g/mol. The van der Waals surface area contributed by atoms with Crippen molar-refractivity contribution in [1.82, 2.24) is 15.1 Å². The lowest BCUT2D eigenvalue weighted by Gasteiger charge is -2.00. The van der Waals surface area contributed by atoms with E-state index in [1.807, 2.05) is 0 Å². The molecule has 0 amide bonds. The van der Waals surface area contributed by atoms with Gasteiger partial charge < -0.3 is 10.3 Å². The Hall–Kier alpha value is -2.69. The Morgan fingerprint density at radius 1 is 1.05 bits per heavy atom. The van der Waals surface area contributed by atoms with E-state index in [1.54, 1.807) is 18.3 Å². The minimum atomic E-state index is 0.286. The first kappa shape index (κ1) is 12.1. The third kappa shape index (κ3) is 2.16. The molecule has 0 aliphatic heterocycles. The second-order valence-corrected chi connectivity index (χ2v) is 5.31. The highest BCUT2D eigenvalue weighted by Gasteiger charge is 2.26. The number of hydrogen-bond donors (Lipinski definition) is 1. The molecule has 1 aliphatic carbocycles. The van der Waals surface area contributed by atoms with Crippen LogP contribution in [0, 0.1) is 0 Å². The van der Waals surface area contributed by atoms with Crippen LogP contribution in [-0.4, -0.2) is 15.1 Å². The van der Waals surface area contributed by atoms with Gasteiger partial charge in [0, 0.05) is 5.92 Å². The van der Waals surface area contributed by atoms with Crippen LogP contribution in [0.2, 0.25) is 0 Å². The number of rotatable bonds is 2. The zero-order valence-corrected chi connectivity index (χ0v) is 11.4. The second-order valence-electron chi connectivity index (χ2n) is 5.31. The molecular formula is C16H14N4O. The van der Waals surface area contributed by atoms with Gasteiger partial charge in [-0.2, -0.15) is 4.98 Å². The lowest BCUT2D eigenvalue weighted by atomic mass is 10.1. The Labute approximate surface area is 121 Å². The molecule has 3 aromatic rings. The van der Waals surface area contributed by atoms with Gasteiger partial charge in [0.05, 0.1) is 11.9 Å². The van der Waals surface area contributed by atoms with Gasteiger partial charge in [-0.25, -0.2) is 4.98 Å². The fraction of sp³-hybridized carbons (Fsp3) is 0.188. The van der Waals surface area contributed by atoms with E-state index in [2.05, 4.69) is 39.4 Å². The predicted octanol–water partition coefficient (Wildman–Crippen LogP) is 2.60. The van der Waals surface area contributed by atoms with Gasteiger partial charge in [0.1, 0.15) is 5.69 Å². The molecule has 0 unspecified atom stereocenters. The van der Waals surface area contributed by atoms with Gasteiger partial charge in [-0.1, -0.05) is 29.4 Å². The van der Waals surface area contributed by atoms with Gasteiger partial charge >= 0.3 is 0 Å². The lowest BCUT2D eigenvalue weighted by Crippen LogP contribution is -2.00. The van der Waals surface area contributed by atoms with Crippen LogP contribution in [0.1, 0.15) is 22.9 Å². The van der Waals surface area contributed by atoms with Crippen LogP contribution in [0.25, 0.3) is 11.6 Å².